The van der Waals surface area contributed by atoms with Crippen LogP contribution in [0.4, 0.5) is 11.4 Å². The molecule has 40 heavy (non-hydrogen) atoms. The van der Waals surface area contributed by atoms with Gasteiger partial charge in [0.25, 0.3) is 5.91 Å². The Morgan fingerprint density at radius 2 is 1.77 bits per heavy atom. The molecule has 0 saturated carbocycles. The minimum atomic E-state index is -3.93. The van der Waals surface area contributed by atoms with Gasteiger partial charge >= 0.3 is 0 Å². The Kier molecular flexibility index (Phi) is 7.39. The second kappa shape index (κ2) is 11.1. The molecule has 0 unspecified atom stereocenters. The third-order valence-corrected chi connectivity index (χ3v) is 9.47. The van der Waals surface area contributed by atoms with Gasteiger partial charge in [0, 0.05) is 43.5 Å². The maximum atomic E-state index is 14.0. The zero-order chi connectivity index (χ0) is 27.7. The molecule has 0 radical (unpaired) electrons. The third kappa shape index (κ3) is 5.39. The van der Waals surface area contributed by atoms with Crippen LogP contribution in [0.1, 0.15) is 47.3 Å². The van der Waals surface area contributed by atoms with E-state index in [2.05, 4.69) is 32.8 Å². The monoisotopic (exact) mass is 562 g/mol. The molecule has 9 nitrogen and oxygen atoms in total. The molecule has 3 aliphatic rings. The van der Waals surface area contributed by atoms with Gasteiger partial charge in [-0.25, -0.2) is 13.1 Å². The minimum absolute atomic E-state index is 0.119. The van der Waals surface area contributed by atoms with E-state index in [1.54, 1.807) is 36.4 Å². The second-order valence-corrected chi connectivity index (χ2v) is 12.1. The Morgan fingerprint density at radius 3 is 2.60 bits per heavy atom. The van der Waals surface area contributed by atoms with Gasteiger partial charge in [-0.1, -0.05) is 31.2 Å². The number of benzene rings is 3. The maximum Gasteiger partial charge on any atom is 0.255 e. The van der Waals surface area contributed by atoms with Crippen LogP contribution in [0.2, 0.25) is 0 Å². The Balaban J connectivity index is 1.31. The number of carbonyl (C=O) groups excluding carboxylic acids is 1. The number of aryl methyl sites for hydroxylation is 1. The molecule has 1 aliphatic carbocycles. The Bertz CT molecular complexity index is 1520. The van der Waals surface area contributed by atoms with Crippen molar-refractivity contribution >= 4 is 27.3 Å². The van der Waals surface area contributed by atoms with E-state index in [4.69, 9.17) is 9.47 Å². The normalized spacial score (nSPS) is 18.8. The molecule has 1 fully saturated rings. The van der Waals surface area contributed by atoms with E-state index in [1.165, 1.54) is 5.56 Å². The number of sulfonamides is 1. The molecule has 2 aliphatic heterocycles. The van der Waals surface area contributed by atoms with Crippen LogP contribution >= 0.6 is 0 Å². The molecule has 10 heteroatoms. The molecular weight excluding hydrogens is 528 g/mol. The predicted octanol–water partition coefficient (Wildman–Crippen LogP) is 4.17. The first-order chi connectivity index (χ1) is 19.4. The number of rotatable bonds is 7. The molecule has 0 spiro atoms. The third-order valence-electron chi connectivity index (χ3n) is 7.97. The summed E-state index contributed by atoms with van der Waals surface area (Å²) in [6.45, 7) is 6.40. The molecule has 3 aromatic carbocycles. The SMILES string of the molecule is CCN1CCN(c2ccc(NC(=O)c3ccc4c(c3)OCO4)cc2S(=O)(=O)N[C@H]2CCCc3ccccc32)CC1. The first-order valence-electron chi connectivity index (χ1n) is 13.8. The average Bonchev–Trinajstić information content (AvgIpc) is 3.45. The smallest absolute Gasteiger partial charge is 0.255 e. The summed E-state index contributed by atoms with van der Waals surface area (Å²) in [4.78, 5) is 17.7. The fourth-order valence-corrected chi connectivity index (χ4v) is 7.24. The summed E-state index contributed by atoms with van der Waals surface area (Å²) in [5, 5.41) is 2.87. The molecular formula is C30H34N4O5S. The van der Waals surface area contributed by atoms with Crippen molar-refractivity contribution < 1.29 is 22.7 Å². The number of hydrogen-bond donors (Lipinski definition) is 2. The van der Waals surface area contributed by atoms with Gasteiger partial charge in [0.15, 0.2) is 11.5 Å². The fraction of sp³-hybridized carbons (Fsp3) is 0.367. The van der Waals surface area contributed by atoms with Crippen molar-refractivity contribution in [3.63, 3.8) is 0 Å². The van der Waals surface area contributed by atoms with Gasteiger partial charge in [-0.2, -0.15) is 0 Å². The van der Waals surface area contributed by atoms with Crippen molar-refractivity contribution in [2.75, 3.05) is 49.7 Å². The zero-order valence-corrected chi connectivity index (χ0v) is 23.4. The summed E-state index contributed by atoms with van der Waals surface area (Å²) in [6, 6.07) is 17.8. The largest absolute Gasteiger partial charge is 0.454 e. The van der Waals surface area contributed by atoms with Gasteiger partial charge in [-0.15, -0.1) is 0 Å². The van der Waals surface area contributed by atoms with Crippen LogP contribution in [0.5, 0.6) is 11.5 Å². The van der Waals surface area contributed by atoms with E-state index < -0.39 is 10.0 Å². The highest BCUT2D eigenvalue weighted by Crippen LogP contribution is 2.35. The topological polar surface area (TPSA) is 100 Å². The van der Waals surface area contributed by atoms with E-state index in [0.29, 0.717) is 28.4 Å². The van der Waals surface area contributed by atoms with Crippen molar-refractivity contribution in [2.24, 2.45) is 0 Å². The first-order valence-corrected chi connectivity index (χ1v) is 15.3. The Morgan fingerprint density at radius 1 is 0.975 bits per heavy atom. The average molecular weight is 563 g/mol. The summed E-state index contributed by atoms with van der Waals surface area (Å²) >= 11 is 0. The van der Waals surface area contributed by atoms with E-state index in [1.807, 2.05) is 18.2 Å². The highest BCUT2D eigenvalue weighted by molar-refractivity contribution is 7.89. The quantitative estimate of drug-likeness (QED) is 0.446. The number of carbonyl (C=O) groups is 1. The lowest BCUT2D eigenvalue weighted by atomic mass is 9.88. The number of hydrogen-bond acceptors (Lipinski definition) is 7. The molecule has 3 aromatic rings. The summed E-state index contributed by atoms with van der Waals surface area (Å²) in [5.74, 6) is 0.738. The van der Waals surface area contributed by atoms with Crippen molar-refractivity contribution in [3.8, 4) is 11.5 Å². The molecule has 2 heterocycles. The number of nitrogens with one attached hydrogen (secondary N) is 2. The van der Waals surface area contributed by atoms with Crippen molar-refractivity contribution in [3.05, 3.63) is 77.4 Å². The molecule has 2 N–H and O–H groups in total. The van der Waals surface area contributed by atoms with Crippen LogP contribution in [-0.4, -0.2) is 58.7 Å². The van der Waals surface area contributed by atoms with Gasteiger partial charge in [0.1, 0.15) is 4.90 Å². The molecule has 210 valence electrons. The van der Waals surface area contributed by atoms with E-state index in [0.717, 1.165) is 57.5 Å². The lowest BCUT2D eigenvalue weighted by Gasteiger charge is -2.36. The number of amides is 1. The highest BCUT2D eigenvalue weighted by Gasteiger charge is 2.30. The Labute approximate surface area is 235 Å². The Hall–Kier alpha value is -3.60. The zero-order valence-electron chi connectivity index (χ0n) is 22.6. The summed E-state index contributed by atoms with van der Waals surface area (Å²) in [7, 11) is -3.93. The number of nitrogens with zero attached hydrogens (tertiary/aromatic N) is 2. The van der Waals surface area contributed by atoms with Gasteiger partial charge in [-0.05, 0) is 73.3 Å². The van der Waals surface area contributed by atoms with Gasteiger partial charge in [0.05, 0.1) is 5.69 Å². The summed E-state index contributed by atoms with van der Waals surface area (Å²) < 4.78 is 41.8. The molecule has 1 amide bonds. The number of likely N-dealkylation sites (N-methyl/N-ethyl adjacent to an activating group) is 1. The molecule has 0 bridgehead atoms. The van der Waals surface area contributed by atoms with Gasteiger partial charge in [0.2, 0.25) is 16.8 Å². The first kappa shape index (κ1) is 26.6. The van der Waals surface area contributed by atoms with Crippen LogP contribution in [0.25, 0.3) is 0 Å². The maximum absolute atomic E-state index is 14.0. The standard InChI is InChI=1S/C30H34N4O5S/c1-2-33-14-16-34(17-15-33)26-12-11-23(31-30(35)22-10-13-27-28(18-22)39-20-38-27)19-29(26)40(36,37)32-25-9-5-7-21-6-3-4-8-24(21)25/h3-4,6,8,10-13,18-19,25,32H,2,5,7,9,14-17,20H2,1H3,(H,31,35)/t25-/m0/s1. The number of ether oxygens (including phenoxy) is 2. The molecule has 0 aromatic heterocycles. The molecule has 1 saturated heterocycles. The lowest BCUT2D eigenvalue weighted by molar-refractivity contribution is 0.102. The summed E-state index contributed by atoms with van der Waals surface area (Å²) in [5.41, 5.74) is 3.66. The van der Waals surface area contributed by atoms with Crippen LogP contribution in [0, 0.1) is 0 Å². The van der Waals surface area contributed by atoms with Gasteiger partial charge in [-0.3, -0.25) is 4.79 Å². The summed E-state index contributed by atoms with van der Waals surface area (Å²) in [6.07, 6.45) is 2.60. The molecule has 1 atom stereocenters. The van der Waals surface area contributed by atoms with E-state index >= 15 is 0 Å². The number of anilines is 2. The van der Waals surface area contributed by atoms with Crippen molar-refractivity contribution in [1.29, 1.82) is 0 Å². The minimum Gasteiger partial charge on any atom is -0.454 e. The molecule has 6 rings (SSSR count). The highest BCUT2D eigenvalue weighted by atomic mass is 32.2. The van der Waals surface area contributed by atoms with E-state index in [9.17, 15) is 13.2 Å². The van der Waals surface area contributed by atoms with Gasteiger partial charge < -0.3 is 24.6 Å². The lowest BCUT2D eigenvalue weighted by Crippen LogP contribution is -2.46. The van der Waals surface area contributed by atoms with Crippen LogP contribution in [-0.2, 0) is 16.4 Å². The fourth-order valence-electron chi connectivity index (χ4n) is 5.74. The second-order valence-electron chi connectivity index (χ2n) is 10.4. The predicted molar refractivity (Wildman–Crippen MR) is 154 cm³/mol. The van der Waals surface area contributed by atoms with Crippen LogP contribution in [0.15, 0.2) is 65.6 Å². The van der Waals surface area contributed by atoms with Crippen LogP contribution in [0.3, 0.4) is 0 Å². The van der Waals surface area contributed by atoms with Crippen molar-refractivity contribution in [1.82, 2.24) is 9.62 Å². The van der Waals surface area contributed by atoms with Crippen molar-refractivity contribution in [2.45, 2.75) is 37.1 Å². The number of fused-ring (bicyclic) bond motifs is 2. The number of piperazine rings is 1. The van der Waals surface area contributed by atoms with E-state index in [-0.39, 0.29) is 23.6 Å². The van der Waals surface area contributed by atoms with Crippen LogP contribution < -0.4 is 24.4 Å².